The zero-order valence-corrected chi connectivity index (χ0v) is 8.62. The first-order valence-corrected chi connectivity index (χ1v) is 4.37. The van der Waals surface area contributed by atoms with E-state index in [-0.39, 0.29) is 11.9 Å². The van der Waals surface area contributed by atoms with Crippen LogP contribution < -0.4 is 10.9 Å². The Morgan fingerprint density at radius 1 is 1.50 bits per heavy atom. The van der Waals surface area contributed by atoms with Gasteiger partial charge in [0.1, 0.15) is 5.82 Å². The number of nitrogens with zero attached hydrogens (tertiary/aromatic N) is 1. The summed E-state index contributed by atoms with van der Waals surface area (Å²) in [7, 11) is 3.29. The summed E-state index contributed by atoms with van der Waals surface area (Å²) < 4.78 is 18.1. The van der Waals surface area contributed by atoms with E-state index in [4.69, 9.17) is 10.6 Å². The number of rotatable bonds is 3. The molecule has 0 aromatic heterocycles. The number of anilines is 1. The molecular weight excluding hydrogens is 183 g/mol. The lowest BCUT2D eigenvalue weighted by molar-refractivity contribution is 0.119. The van der Waals surface area contributed by atoms with Crippen molar-refractivity contribution in [3.63, 3.8) is 0 Å². The van der Waals surface area contributed by atoms with Gasteiger partial charge in [0.05, 0.1) is 11.8 Å². The first-order chi connectivity index (χ1) is 6.56. The summed E-state index contributed by atoms with van der Waals surface area (Å²) in [4.78, 5) is 0. The van der Waals surface area contributed by atoms with Crippen LogP contribution in [0.25, 0.3) is 0 Å². The minimum atomic E-state index is -0.283. The van der Waals surface area contributed by atoms with Crippen molar-refractivity contribution in [2.75, 3.05) is 19.2 Å². The van der Waals surface area contributed by atoms with E-state index in [1.54, 1.807) is 20.2 Å². The molecule has 78 valence electrons. The summed E-state index contributed by atoms with van der Waals surface area (Å²) >= 11 is 0. The molecule has 4 heteroatoms. The summed E-state index contributed by atoms with van der Waals surface area (Å²) in [5.74, 6) is 5.33. The van der Waals surface area contributed by atoms with Crippen LogP contribution in [0.4, 0.5) is 10.1 Å². The van der Waals surface area contributed by atoms with Crippen molar-refractivity contribution in [2.24, 2.45) is 5.84 Å². The molecule has 1 aromatic rings. The second kappa shape index (κ2) is 4.39. The van der Waals surface area contributed by atoms with Crippen LogP contribution in [0.2, 0.25) is 0 Å². The van der Waals surface area contributed by atoms with Crippen molar-refractivity contribution in [3.8, 4) is 0 Å². The SMILES string of the molecule is COC(C)c1cc(F)ccc1N(C)N. The highest BCUT2D eigenvalue weighted by atomic mass is 19.1. The lowest BCUT2D eigenvalue weighted by Gasteiger charge is -2.20. The molecule has 0 aliphatic heterocycles. The predicted molar refractivity (Wildman–Crippen MR) is 54.4 cm³/mol. The zero-order chi connectivity index (χ0) is 10.7. The second-order valence-corrected chi connectivity index (χ2v) is 3.19. The molecule has 2 N–H and O–H groups in total. The van der Waals surface area contributed by atoms with Gasteiger partial charge in [0.2, 0.25) is 0 Å². The normalized spacial score (nSPS) is 12.6. The fraction of sp³-hybridized carbons (Fsp3) is 0.400. The van der Waals surface area contributed by atoms with Crippen LogP contribution in [0.5, 0.6) is 0 Å². The Labute approximate surface area is 83.2 Å². The lowest BCUT2D eigenvalue weighted by atomic mass is 10.1. The molecule has 0 saturated carbocycles. The Hall–Kier alpha value is -1.13. The molecule has 1 unspecified atom stereocenters. The molecule has 0 aliphatic carbocycles. The van der Waals surface area contributed by atoms with Gasteiger partial charge in [-0.3, -0.25) is 0 Å². The van der Waals surface area contributed by atoms with E-state index in [9.17, 15) is 4.39 Å². The van der Waals surface area contributed by atoms with Gasteiger partial charge in [-0.25, -0.2) is 10.2 Å². The molecular formula is C10H15FN2O. The zero-order valence-electron chi connectivity index (χ0n) is 8.62. The van der Waals surface area contributed by atoms with Gasteiger partial charge in [0.15, 0.2) is 0 Å². The standard InChI is InChI=1S/C10H15FN2O/c1-7(14-3)9-6-8(11)4-5-10(9)13(2)12/h4-7H,12H2,1-3H3. The number of hydrogen-bond acceptors (Lipinski definition) is 3. The van der Waals surface area contributed by atoms with Crippen molar-refractivity contribution in [1.82, 2.24) is 0 Å². The predicted octanol–water partition coefficient (Wildman–Crippen LogP) is 1.84. The maximum absolute atomic E-state index is 13.0. The van der Waals surface area contributed by atoms with E-state index in [1.807, 2.05) is 6.92 Å². The van der Waals surface area contributed by atoms with E-state index >= 15 is 0 Å². The molecule has 0 aliphatic rings. The smallest absolute Gasteiger partial charge is 0.123 e. The minimum absolute atomic E-state index is 0.174. The monoisotopic (exact) mass is 198 g/mol. The van der Waals surface area contributed by atoms with Gasteiger partial charge in [0, 0.05) is 19.7 Å². The van der Waals surface area contributed by atoms with Crippen molar-refractivity contribution in [2.45, 2.75) is 13.0 Å². The van der Waals surface area contributed by atoms with Crippen LogP contribution in [0.15, 0.2) is 18.2 Å². The van der Waals surface area contributed by atoms with Crippen LogP contribution >= 0.6 is 0 Å². The number of hydrogen-bond donors (Lipinski definition) is 1. The molecule has 14 heavy (non-hydrogen) atoms. The molecule has 1 atom stereocenters. The van der Waals surface area contributed by atoms with Gasteiger partial charge >= 0.3 is 0 Å². The van der Waals surface area contributed by atoms with Crippen molar-refractivity contribution in [3.05, 3.63) is 29.6 Å². The summed E-state index contributed by atoms with van der Waals surface area (Å²) in [6.07, 6.45) is -0.174. The highest BCUT2D eigenvalue weighted by Gasteiger charge is 2.12. The van der Waals surface area contributed by atoms with E-state index in [2.05, 4.69) is 0 Å². The van der Waals surface area contributed by atoms with Crippen LogP contribution in [-0.4, -0.2) is 14.2 Å². The Kier molecular flexibility index (Phi) is 3.43. The average molecular weight is 198 g/mol. The van der Waals surface area contributed by atoms with Gasteiger partial charge in [-0.15, -0.1) is 0 Å². The second-order valence-electron chi connectivity index (χ2n) is 3.19. The molecule has 0 radical (unpaired) electrons. The van der Waals surface area contributed by atoms with Gasteiger partial charge in [-0.1, -0.05) is 0 Å². The first-order valence-electron chi connectivity index (χ1n) is 4.37. The Bertz CT molecular complexity index is 315. The third-order valence-corrected chi connectivity index (χ3v) is 2.16. The summed E-state index contributed by atoms with van der Waals surface area (Å²) in [6.45, 7) is 1.85. The van der Waals surface area contributed by atoms with Crippen LogP contribution in [0.1, 0.15) is 18.6 Å². The summed E-state index contributed by atoms with van der Waals surface area (Å²) in [5.41, 5.74) is 1.51. The fourth-order valence-corrected chi connectivity index (χ4v) is 1.30. The van der Waals surface area contributed by atoms with Crippen LogP contribution in [0, 0.1) is 5.82 Å². The maximum atomic E-state index is 13.0. The van der Waals surface area contributed by atoms with E-state index in [0.717, 1.165) is 11.3 Å². The molecule has 1 rings (SSSR count). The van der Waals surface area contributed by atoms with Gasteiger partial charge < -0.3 is 9.75 Å². The average Bonchev–Trinajstić information content (AvgIpc) is 2.16. The number of benzene rings is 1. The van der Waals surface area contributed by atoms with Crippen molar-refractivity contribution in [1.29, 1.82) is 0 Å². The minimum Gasteiger partial charge on any atom is -0.377 e. The molecule has 0 amide bonds. The molecule has 3 nitrogen and oxygen atoms in total. The quantitative estimate of drug-likeness (QED) is 0.595. The molecule has 0 fully saturated rings. The molecule has 0 heterocycles. The molecule has 0 bridgehead atoms. The van der Waals surface area contributed by atoms with Crippen LogP contribution in [-0.2, 0) is 4.74 Å². The van der Waals surface area contributed by atoms with Gasteiger partial charge in [-0.2, -0.15) is 0 Å². The fourth-order valence-electron chi connectivity index (χ4n) is 1.30. The highest BCUT2D eigenvalue weighted by Crippen LogP contribution is 2.26. The van der Waals surface area contributed by atoms with Crippen molar-refractivity contribution >= 4 is 5.69 Å². The summed E-state index contributed by atoms with van der Waals surface area (Å²) in [6, 6.07) is 4.46. The largest absolute Gasteiger partial charge is 0.377 e. The number of methoxy groups -OCH3 is 1. The highest BCUT2D eigenvalue weighted by molar-refractivity contribution is 5.53. The van der Waals surface area contributed by atoms with Crippen molar-refractivity contribution < 1.29 is 9.13 Å². The maximum Gasteiger partial charge on any atom is 0.123 e. The Morgan fingerprint density at radius 2 is 2.14 bits per heavy atom. The lowest BCUT2D eigenvalue weighted by Crippen LogP contribution is -2.26. The molecule has 1 aromatic carbocycles. The van der Waals surface area contributed by atoms with Gasteiger partial charge in [0.25, 0.3) is 0 Å². The van der Waals surface area contributed by atoms with E-state index in [1.165, 1.54) is 17.1 Å². The number of hydrazine groups is 1. The number of halogens is 1. The Morgan fingerprint density at radius 3 is 2.64 bits per heavy atom. The number of ether oxygens (including phenoxy) is 1. The first kappa shape index (κ1) is 10.9. The van der Waals surface area contributed by atoms with Crippen LogP contribution in [0.3, 0.4) is 0 Å². The topological polar surface area (TPSA) is 38.5 Å². The van der Waals surface area contributed by atoms with Gasteiger partial charge in [-0.05, 0) is 25.1 Å². The third kappa shape index (κ3) is 2.21. The molecule has 0 saturated heterocycles. The molecule has 0 spiro atoms. The van der Waals surface area contributed by atoms with E-state index in [0.29, 0.717) is 0 Å². The Balaban J connectivity index is 3.15. The van der Waals surface area contributed by atoms with E-state index < -0.39 is 0 Å². The number of nitrogens with two attached hydrogens (primary N) is 1. The summed E-state index contributed by atoms with van der Waals surface area (Å²) in [5, 5.41) is 1.45. The third-order valence-electron chi connectivity index (χ3n) is 2.16.